The molecule has 1 aromatic rings. The lowest BCUT2D eigenvalue weighted by atomic mass is 9.95. The van der Waals surface area contributed by atoms with Gasteiger partial charge in [-0.15, -0.1) is 0 Å². The second-order valence-electron chi connectivity index (χ2n) is 4.67. The van der Waals surface area contributed by atoms with E-state index in [4.69, 9.17) is 15.6 Å². The molecule has 0 spiro atoms. The number of aliphatic hydroxyl groups is 1. The second-order valence-corrected chi connectivity index (χ2v) is 4.67. The molecule has 0 bridgehead atoms. The summed E-state index contributed by atoms with van der Waals surface area (Å²) in [5.74, 6) is 0.726. The zero-order valence-electron chi connectivity index (χ0n) is 10.1. The molecule has 0 saturated carbocycles. The van der Waals surface area contributed by atoms with Gasteiger partial charge in [0.05, 0.1) is 7.11 Å². The van der Waals surface area contributed by atoms with Gasteiger partial charge >= 0.3 is 0 Å². The SMILES string of the molecule is COc1cc(N)cc(NCC(C)(C)CO)c1. The molecule has 90 valence electrons. The van der Waals surface area contributed by atoms with Gasteiger partial charge in [0.1, 0.15) is 5.75 Å². The molecule has 0 aliphatic rings. The highest BCUT2D eigenvalue weighted by atomic mass is 16.5. The molecule has 0 amide bonds. The summed E-state index contributed by atoms with van der Waals surface area (Å²) < 4.78 is 5.12. The lowest BCUT2D eigenvalue weighted by Crippen LogP contribution is -2.26. The first-order chi connectivity index (χ1) is 7.46. The quantitative estimate of drug-likeness (QED) is 0.666. The molecule has 16 heavy (non-hydrogen) atoms. The maximum Gasteiger partial charge on any atom is 0.122 e. The van der Waals surface area contributed by atoms with E-state index < -0.39 is 0 Å². The van der Waals surface area contributed by atoms with Crippen molar-refractivity contribution in [1.29, 1.82) is 0 Å². The summed E-state index contributed by atoms with van der Waals surface area (Å²) in [4.78, 5) is 0. The van der Waals surface area contributed by atoms with Gasteiger partial charge < -0.3 is 20.9 Å². The van der Waals surface area contributed by atoms with Gasteiger partial charge in [-0.25, -0.2) is 0 Å². The molecule has 0 aliphatic heterocycles. The summed E-state index contributed by atoms with van der Waals surface area (Å²) in [6.07, 6.45) is 0. The Morgan fingerprint density at radius 1 is 1.38 bits per heavy atom. The van der Waals surface area contributed by atoms with Crippen LogP contribution < -0.4 is 15.8 Å². The number of nitrogens with two attached hydrogens (primary N) is 1. The topological polar surface area (TPSA) is 67.5 Å². The number of nitrogens with one attached hydrogen (secondary N) is 1. The van der Waals surface area contributed by atoms with Crippen molar-refractivity contribution < 1.29 is 9.84 Å². The summed E-state index contributed by atoms with van der Waals surface area (Å²) >= 11 is 0. The van der Waals surface area contributed by atoms with Crippen molar-refractivity contribution >= 4 is 11.4 Å². The third kappa shape index (κ3) is 3.62. The average molecular weight is 224 g/mol. The predicted molar refractivity (Wildman–Crippen MR) is 66.8 cm³/mol. The van der Waals surface area contributed by atoms with Crippen LogP contribution in [0.1, 0.15) is 13.8 Å². The van der Waals surface area contributed by atoms with Crippen molar-refractivity contribution in [2.45, 2.75) is 13.8 Å². The third-order valence-electron chi connectivity index (χ3n) is 2.36. The number of methoxy groups -OCH3 is 1. The van der Waals surface area contributed by atoms with E-state index in [-0.39, 0.29) is 12.0 Å². The van der Waals surface area contributed by atoms with Crippen LogP contribution in [0.25, 0.3) is 0 Å². The molecule has 4 nitrogen and oxygen atoms in total. The Labute approximate surface area is 96.4 Å². The highest BCUT2D eigenvalue weighted by Gasteiger charge is 2.15. The standard InChI is InChI=1S/C12H20N2O2/c1-12(2,8-15)7-14-10-4-9(13)5-11(6-10)16-3/h4-6,14-15H,7-8,13H2,1-3H3. The number of aliphatic hydroxyl groups excluding tert-OH is 1. The maximum absolute atomic E-state index is 9.14. The Morgan fingerprint density at radius 2 is 2.06 bits per heavy atom. The molecule has 0 radical (unpaired) electrons. The molecule has 0 saturated heterocycles. The summed E-state index contributed by atoms with van der Waals surface area (Å²) in [5, 5.41) is 12.4. The maximum atomic E-state index is 9.14. The van der Waals surface area contributed by atoms with Crippen LogP contribution >= 0.6 is 0 Å². The Bertz CT molecular complexity index is 351. The van der Waals surface area contributed by atoms with Gasteiger partial charge in [0, 0.05) is 42.1 Å². The molecular weight excluding hydrogens is 204 g/mol. The molecule has 0 unspecified atom stereocenters. The Morgan fingerprint density at radius 3 is 2.62 bits per heavy atom. The van der Waals surface area contributed by atoms with E-state index in [1.807, 2.05) is 26.0 Å². The number of hydrogen-bond donors (Lipinski definition) is 3. The predicted octanol–water partition coefficient (Wildman–Crippen LogP) is 1.71. The first kappa shape index (κ1) is 12.6. The minimum absolute atomic E-state index is 0.138. The molecule has 0 atom stereocenters. The van der Waals surface area contributed by atoms with Crippen LogP contribution in [0, 0.1) is 5.41 Å². The van der Waals surface area contributed by atoms with Gasteiger partial charge in [-0.05, 0) is 6.07 Å². The lowest BCUT2D eigenvalue weighted by molar-refractivity contribution is 0.171. The first-order valence-electron chi connectivity index (χ1n) is 5.26. The molecular formula is C12H20N2O2. The summed E-state index contributed by atoms with van der Waals surface area (Å²) in [7, 11) is 1.61. The van der Waals surface area contributed by atoms with Crippen LogP contribution in [-0.4, -0.2) is 25.4 Å². The Hall–Kier alpha value is -1.42. The molecule has 0 aromatic heterocycles. The van der Waals surface area contributed by atoms with Gasteiger partial charge in [-0.3, -0.25) is 0 Å². The highest BCUT2D eigenvalue weighted by Crippen LogP contribution is 2.23. The zero-order chi connectivity index (χ0) is 12.2. The molecule has 0 aliphatic carbocycles. The van der Waals surface area contributed by atoms with Crippen LogP contribution in [-0.2, 0) is 0 Å². The summed E-state index contributed by atoms with van der Waals surface area (Å²) in [6.45, 7) is 4.79. The number of nitrogen functional groups attached to an aromatic ring is 1. The van der Waals surface area contributed by atoms with Gasteiger partial charge in [-0.1, -0.05) is 13.8 Å². The Balaban J connectivity index is 2.70. The van der Waals surface area contributed by atoms with Crippen LogP contribution in [0.4, 0.5) is 11.4 Å². The van der Waals surface area contributed by atoms with E-state index in [2.05, 4.69) is 5.32 Å². The van der Waals surface area contributed by atoms with Gasteiger partial charge in [0.15, 0.2) is 0 Å². The normalized spacial score (nSPS) is 11.2. The van der Waals surface area contributed by atoms with Crippen molar-refractivity contribution in [2.24, 2.45) is 5.41 Å². The van der Waals surface area contributed by atoms with Crippen LogP contribution in [0.5, 0.6) is 5.75 Å². The minimum Gasteiger partial charge on any atom is -0.497 e. The van der Waals surface area contributed by atoms with E-state index in [0.717, 1.165) is 11.4 Å². The summed E-state index contributed by atoms with van der Waals surface area (Å²) in [5.41, 5.74) is 7.14. The average Bonchev–Trinajstić information content (AvgIpc) is 2.26. The second kappa shape index (κ2) is 5.07. The van der Waals surface area contributed by atoms with E-state index in [1.54, 1.807) is 13.2 Å². The number of benzene rings is 1. The molecule has 1 rings (SSSR count). The van der Waals surface area contributed by atoms with Crippen molar-refractivity contribution in [3.05, 3.63) is 18.2 Å². The van der Waals surface area contributed by atoms with Gasteiger partial charge in [-0.2, -0.15) is 0 Å². The Kier molecular flexibility index (Phi) is 4.01. The molecule has 1 aromatic carbocycles. The molecule has 4 N–H and O–H groups in total. The first-order valence-corrected chi connectivity index (χ1v) is 5.26. The summed E-state index contributed by atoms with van der Waals surface area (Å²) in [6, 6.07) is 5.49. The van der Waals surface area contributed by atoms with Crippen molar-refractivity contribution in [3.8, 4) is 5.75 Å². The fourth-order valence-electron chi connectivity index (χ4n) is 1.24. The van der Waals surface area contributed by atoms with Crippen LogP contribution in [0.2, 0.25) is 0 Å². The van der Waals surface area contributed by atoms with E-state index >= 15 is 0 Å². The van der Waals surface area contributed by atoms with Crippen molar-refractivity contribution in [1.82, 2.24) is 0 Å². The number of ether oxygens (including phenoxy) is 1. The van der Waals surface area contributed by atoms with Gasteiger partial charge in [0.2, 0.25) is 0 Å². The smallest absolute Gasteiger partial charge is 0.122 e. The lowest BCUT2D eigenvalue weighted by Gasteiger charge is -2.22. The fourth-order valence-corrected chi connectivity index (χ4v) is 1.24. The number of hydrogen-bond acceptors (Lipinski definition) is 4. The largest absolute Gasteiger partial charge is 0.497 e. The van der Waals surface area contributed by atoms with Crippen LogP contribution in [0.15, 0.2) is 18.2 Å². The zero-order valence-corrected chi connectivity index (χ0v) is 10.1. The van der Waals surface area contributed by atoms with Gasteiger partial charge in [0.25, 0.3) is 0 Å². The highest BCUT2D eigenvalue weighted by molar-refractivity contribution is 5.59. The van der Waals surface area contributed by atoms with Crippen molar-refractivity contribution in [2.75, 3.05) is 31.3 Å². The molecule has 0 heterocycles. The third-order valence-corrected chi connectivity index (χ3v) is 2.36. The number of anilines is 2. The monoisotopic (exact) mass is 224 g/mol. The molecule has 0 fully saturated rings. The number of rotatable bonds is 5. The minimum atomic E-state index is -0.155. The van der Waals surface area contributed by atoms with E-state index in [0.29, 0.717) is 12.2 Å². The van der Waals surface area contributed by atoms with Crippen LogP contribution in [0.3, 0.4) is 0 Å². The fraction of sp³-hybridized carbons (Fsp3) is 0.500. The van der Waals surface area contributed by atoms with Crippen molar-refractivity contribution in [3.63, 3.8) is 0 Å². The van der Waals surface area contributed by atoms with E-state index in [1.165, 1.54) is 0 Å². The van der Waals surface area contributed by atoms with E-state index in [9.17, 15) is 0 Å². The molecule has 4 heteroatoms.